The molecule has 0 saturated heterocycles. The minimum absolute atomic E-state index is 0.0712. The molecule has 5 rings (SSSR count). The molecule has 0 aliphatic carbocycles. The number of hydrogen-bond donors (Lipinski definition) is 1. The molecular weight excluding hydrogens is 701 g/mol. The third-order valence-corrected chi connectivity index (χ3v) is 16.5. The molecule has 15 heteroatoms. The van der Waals surface area contributed by atoms with Gasteiger partial charge in [-0.15, -0.1) is 0 Å². The van der Waals surface area contributed by atoms with Crippen LogP contribution < -0.4 is 10.9 Å². The monoisotopic (exact) mass is 760 g/mol. The Morgan fingerprint density at radius 2 is 1.79 bits per heavy atom. The average molecular weight is 761 g/mol. The summed E-state index contributed by atoms with van der Waals surface area (Å²) in [7, 11) is 2.80. The van der Waals surface area contributed by atoms with E-state index in [0.29, 0.717) is 36.2 Å². The van der Waals surface area contributed by atoms with Gasteiger partial charge in [0.1, 0.15) is 29.6 Å². The van der Waals surface area contributed by atoms with Crippen LogP contribution in [-0.4, -0.2) is 93.8 Å². The number of pyridine rings is 1. The molecule has 0 aliphatic heterocycles. The summed E-state index contributed by atoms with van der Waals surface area (Å²) in [6, 6.07) is 9.13. The topological polar surface area (TPSA) is 122 Å². The zero-order valence-corrected chi connectivity index (χ0v) is 35.9. The van der Waals surface area contributed by atoms with Crippen LogP contribution in [0.15, 0.2) is 53.8 Å². The van der Waals surface area contributed by atoms with Crippen molar-refractivity contribution >= 4 is 38.9 Å². The van der Waals surface area contributed by atoms with Crippen LogP contribution in [0.3, 0.4) is 0 Å². The minimum atomic E-state index is -1.89. The molecule has 1 unspecified atom stereocenters. The summed E-state index contributed by atoms with van der Waals surface area (Å²) in [6.45, 7) is 23.9. The van der Waals surface area contributed by atoms with E-state index in [-0.39, 0.29) is 23.4 Å². The number of aromatic nitrogens is 8. The summed E-state index contributed by atoms with van der Waals surface area (Å²) < 4.78 is 20.1. The van der Waals surface area contributed by atoms with E-state index < -0.39 is 16.4 Å². The fourth-order valence-electron chi connectivity index (χ4n) is 5.67. The van der Waals surface area contributed by atoms with Gasteiger partial charge < -0.3 is 23.9 Å². The van der Waals surface area contributed by atoms with Crippen LogP contribution in [0.4, 0.5) is 11.6 Å². The van der Waals surface area contributed by atoms with Crippen LogP contribution in [0.25, 0.3) is 33.7 Å². The maximum atomic E-state index is 13.2. The molecule has 5 aromatic heterocycles. The lowest BCUT2D eigenvalue weighted by atomic mass is 10.2. The van der Waals surface area contributed by atoms with Gasteiger partial charge in [0, 0.05) is 77.7 Å². The van der Waals surface area contributed by atoms with Crippen molar-refractivity contribution in [2.75, 3.05) is 39.2 Å². The number of rotatable bonds is 17. The number of anilines is 2. The average Bonchev–Trinajstić information content (AvgIpc) is 3.77. The van der Waals surface area contributed by atoms with E-state index in [1.54, 1.807) is 30.2 Å². The van der Waals surface area contributed by atoms with E-state index in [0.717, 1.165) is 47.8 Å². The maximum Gasteiger partial charge on any atom is 0.277 e. The lowest BCUT2D eigenvalue weighted by Gasteiger charge is -2.36. The van der Waals surface area contributed by atoms with Crippen LogP contribution in [0, 0.1) is 0 Å². The normalized spacial score (nSPS) is 13.4. The molecule has 0 fully saturated rings. The van der Waals surface area contributed by atoms with Crippen molar-refractivity contribution in [3.63, 3.8) is 0 Å². The molecule has 0 aliphatic rings. The third-order valence-electron chi connectivity index (χ3n) is 10.2. The lowest BCUT2D eigenvalue weighted by molar-refractivity contribution is 0.0703. The minimum Gasteiger partial charge on any atom is -0.417 e. The van der Waals surface area contributed by atoms with Gasteiger partial charge in [-0.1, -0.05) is 40.4 Å². The number of likely N-dealkylation sites (N-methyl/N-ethyl adjacent to an activating group) is 1. The van der Waals surface area contributed by atoms with Crippen LogP contribution in [0.5, 0.6) is 0 Å². The second-order valence-corrected chi connectivity index (χ2v) is 27.5. The van der Waals surface area contributed by atoms with Crippen molar-refractivity contribution in [3.8, 4) is 22.8 Å². The smallest absolute Gasteiger partial charge is 0.277 e. The van der Waals surface area contributed by atoms with Crippen molar-refractivity contribution in [1.82, 2.24) is 43.6 Å². The first-order chi connectivity index (χ1) is 24.8. The van der Waals surface area contributed by atoms with Crippen LogP contribution in [-0.2, 0) is 29.5 Å². The van der Waals surface area contributed by atoms with E-state index in [1.807, 2.05) is 12.3 Å². The largest absolute Gasteiger partial charge is 0.417 e. The van der Waals surface area contributed by atoms with Crippen LogP contribution in [0.2, 0.25) is 43.8 Å². The van der Waals surface area contributed by atoms with Gasteiger partial charge in [0.2, 0.25) is 0 Å². The Bertz CT molecular complexity index is 2050. The van der Waals surface area contributed by atoms with Gasteiger partial charge in [0.25, 0.3) is 5.56 Å². The first kappa shape index (κ1) is 40.3. The molecule has 1 N–H and O–H groups in total. The van der Waals surface area contributed by atoms with Gasteiger partial charge in [-0.2, -0.15) is 5.10 Å². The van der Waals surface area contributed by atoms with Gasteiger partial charge in [-0.3, -0.25) is 18.8 Å². The number of nitrogens with zero attached hydrogens (tertiary/aromatic N) is 9. The van der Waals surface area contributed by atoms with Crippen molar-refractivity contribution in [3.05, 3.63) is 59.4 Å². The summed E-state index contributed by atoms with van der Waals surface area (Å²) in [5, 5.41) is 9.72. The van der Waals surface area contributed by atoms with Gasteiger partial charge in [0.05, 0.1) is 17.3 Å². The molecule has 0 aromatic carbocycles. The van der Waals surface area contributed by atoms with Gasteiger partial charge in [-0.25, -0.2) is 15.0 Å². The summed E-state index contributed by atoms with van der Waals surface area (Å²) in [5.41, 5.74) is 3.13. The first-order valence-corrected chi connectivity index (χ1v) is 25.2. The zero-order chi connectivity index (χ0) is 38.7. The van der Waals surface area contributed by atoms with Crippen molar-refractivity contribution in [2.45, 2.75) is 97.3 Å². The Kier molecular flexibility index (Phi) is 12.3. The molecule has 1 atom stereocenters. The fraction of sp³-hybridized carbons (Fsp3) is 0.553. The van der Waals surface area contributed by atoms with Crippen molar-refractivity contribution < 1.29 is 9.16 Å². The number of ether oxygens (including phenoxy) is 1. The van der Waals surface area contributed by atoms with Gasteiger partial charge >= 0.3 is 0 Å². The van der Waals surface area contributed by atoms with E-state index in [9.17, 15) is 4.79 Å². The van der Waals surface area contributed by atoms with E-state index in [2.05, 4.69) is 117 Å². The third kappa shape index (κ3) is 9.81. The second kappa shape index (κ2) is 16.2. The van der Waals surface area contributed by atoms with Crippen LogP contribution >= 0.6 is 0 Å². The molecular formula is C38H60N10O3Si2. The summed E-state index contributed by atoms with van der Waals surface area (Å²) >= 11 is 0. The Morgan fingerprint density at radius 1 is 1.04 bits per heavy atom. The van der Waals surface area contributed by atoms with Crippen LogP contribution in [0.1, 0.15) is 40.2 Å². The Labute approximate surface area is 316 Å². The predicted octanol–water partition coefficient (Wildman–Crippen LogP) is 7.45. The molecule has 0 saturated carbocycles. The van der Waals surface area contributed by atoms with Crippen molar-refractivity contribution in [2.24, 2.45) is 7.05 Å². The number of fused-ring (bicyclic) bond motifs is 1. The first-order valence-electron chi connectivity index (χ1n) is 18.6. The fourth-order valence-corrected chi connectivity index (χ4v) is 7.48. The Balaban J connectivity index is 1.43. The molecule has 0 amide bonds. The quantitative estimate of drug-likeness (QED) is 0.0761. The summed E-state index contributed by atoms with van der Waals surface area (Å²) in [4.78, 5) is 29.4. The highest BCUT2D eigenvalue weighted by Gasteiger charge is 2.37. The SMILES string of the molecule is CC(CCO[Si](C)(C)C(C)(C)C)n1nc(-c2cccn2CCN(C)C)c2cnc(Nc3ccnc(-c4cn(COCC[Si](C)(C)C)n(C)c4=O)n3)cc21. The highest BCUT2D eigenvalue weighted by molar-refractivity contribution is 6.76. The highest BCUT2D eigenvalue weighted by atomic mass is 28.4. The molecule has 0 radical (unpaired) electrons. The molecule has 5 aromatic rings. The highest BCUT2D eigenvalue weighted by Crippen LogP contribution is 2.37. The zero-order valence-electron chi connectivity index (χ0n) is 33.9. The van der Waals surface area contributed by atoms with Crippen molar-refractivity contribution in [1.29, 1.82) is 0 Å². The van der Waals surface area contributed by atoms with E-state index in [4.69, 9.17) is 24.2 Å². The number of nitrogens with one attached hydrogen (secondary N) is 1. The molecule has 53 heavy (non-hydrogen) atoms. The van der Waals surface area contributed by atoms with Gasteiger partial charge in [-0.05, 0) is 69.8 Å². The van der Waals surface area contributed by atoms with E-state index >= 15 is 0 Å². The Hall–Kier alpha value is -3.90. The lowest BCUT2D eigenvalue weighted by Crippen LogP contribution is -2.41. The van der Waals surface area contributed by atoms with E-state index in [1.165, 1.54) is 4.68 Å². The standard InChI is InChI=1S/C38H60N10O3Si2/c1-28(16-21-51-53(11,12)38(2,3)4)48-32-24-34(40-25-29(32)35(43-48)31-14-13-18-46(31)20-19-44(5)6)41-33-15-17-39-36(42-33)30-26-47(45(7)37(30)49)27-50-22-23-52(8,9)10/h13-15,17-18,24-26,28H,16,19-23,27H2,1-12H3,(H,39,40,41,42). The molecule has 288 valence electrons. The molecule has 0 bridgehead atoms. The molecule has 13 nitrogen and oxygen atoms in total. The summed E-state index contributed by atoms with van der Waals surface area (Å²) in [6.07, 6.45) is 8.23. The Morgan fingerprint density at radius 3 is 2.49 bits per heavy atom. The molecule has 5 heterocycles. The number of hydrogen-bond acceptors (Lipinski definition) is 9. The predicted molar refractivity (Wildman–Crippen MR) is 220 cm³/mol. The summed E-state index contributed by atoms with van der Waals surface area (Å²) in [5.74, 6) is 1.48. The second-order valence-electron chi connectivity index (χ2n) is 17.1. The maximum absolute atomic E-state index is 13.2. The molecule has 0 spiro atoms. The van der Waals surface area contributed by atoms with Gasteiger partial charge in [0.15, 0.2) is 14.1 Å².